The van der Waals surface area contributed by atoms with Crippen molar-refractivity contribution in [2.45, 2.75) is 36.7 Å². The van der Waals surface area contributed by atoms with Gasteiger partial charge >= 0.3 is 17.5 Å². The van der Waals surface area contributed by atoms with E-state index in [4.69, 9.17) is 5.11 Å². The fourth-order valence-corrected chi connectivity index (χ4v) is 2.30. The van der Waals surface area contributed by atoms with E-state index in [1.165, 1.54) is 24.3 Å². The number of anilines is 1. The minimum absolute atomic E-state index is 0.00771. The second-order valence-corrected chi connectivity index (χ2v) is 6.33. The number of rotatable bonds is 6. The van der Waals surface area contributed by atoms with E-state index in [9.17, 15) is 22.8 Å². The van der Waals surface area contributed by atoms with Crippen molar-refractivity contribution in [3.05, 3.63) is 24.3 Å². The summed E-state index contributed by atoms with van der Waals surface area (Å²) in [5.41, 5.74) is -4.11. The maximum atomic E-state index is 12.2. The average Bonchev–Trinajstić information content (AvgIpc) is 2.38. The number of amides is 2. The summed E-state index contributed by atoms with van der Waals surface area (Å²) in [5.74, 6) is -1.07. The first-order chi connectivity index (χ1) is 10.6. The van der Waals surface area contributed by atoms with Crippen LogP contribution in [0.5, 0.6) is 0 Å². The third-order valence-corrected chi connectivity index (χ3v) is 3.40. The highest BCUT2D eigenvalue weighted by Crippen LogP contribution is 2.36. The van der Waals surface area contributed by atoms with E-state index in [1.807, 2.05) is 13.8 Å². The van der Waals surface area contributed by atoms with Gasteiger partial charge in [0.15, 0.2) is 0 Å². The Morgan fingerprint density at radius 3 is 2.22 bits per heavy atom. The van der Waals surface area contributed by atoms with Crippen molar-refractivity contribution < 1.29 is 27.9 Å². The van der Waals surface area contributed by atoms with Crippen molar-refractivity contribution in [2.24, 2.45) is 5.92 Å². The quantitative estimate of drug-likeness (QED) is 0.680. The Morgan fingerprint density at radius 2 is 1.78 bits per heavy atom. The molecule has 0 aromatic heterocycles. The number of hydrogen-bond donors (Lipinski definition) is 3. The van der Waals surface area contributed by atoms with E-state index in [1.54, 1.807) is 0 Å². The number of carbonyl (C=O) groups excluding carboxylic acids is 1. The van der Waals surface area contributed by atoms with Crippen molar-refractivity contribution >= 4 is 29.4 Å². The molecule has 0 bridgehead atoms. The summed E-state index contributed by atoms with van der Waals surface area (Å²) in [4.78, 5) is 22.8. The smallest absolute Gasteiger partial charge is 0.446 e. The summed E-state index contributed by atoms with van der Waals surface area (Å²) in [7, 11) is 0. The van der Waals surface area contributed by atoms with Gasteiger partial charge in [0, 0.05) is 10.6 Å². The molecular weight excluding hydrogens is 333 g/mol. The molecule has 3 N–H and O–H groups in total. The van der Waals surface area contributed by atoms with Gasteiger partial charge in [0.25, 0.3) is 0 Å². The number of thioether (sulfide) groups is 1. The molecule has 23 heavy (non-hydrogen) atoms. The molecule has 2 amide bonds. The SMILES string of the molecule is CC(C)CC(NC(=O)Nc1ccc(SC(F)(F)F)cc1)C(=O)O. The topological polar surface area (TPSA) is 78.4 Å². The number of nitrogens with one attached hydrogen (secondary N) is 2. The molecule has 1 aromatic carbocycles. The number of aliphatic carboxylic acids is 1. The van der Waals surface area contributed by atoms with Gasteiger partial charge < -0.3 is 15.7 Å². The normalized spacial score (nSPS) is 12.8. The molecule has 0 aliphatic carbocycles. The van der Waals surface area contributed by atoms with Crippen LogP contribution in [-0.4, -0.2) is 28.7 Å². The maximum Gasteiger partial charge on any atom is 0.446 e. The molecular formula is C14H17F3N2O3S. The Morgan fingerprint density at radius 1 is 1.22 bits per heavy atom. The molecule has 0 fully saturated rings. The van der Waals surface area contributed by atoms with Crippen LogP contribution in [0.15, 0.2) is 29.2 Å². The number of carboxylic acid groups (broad SMARTS) is 1. The van der Waals surface area contributed by atoms with Crippen LogP contribution in [0.3, 0.4) is 0 Å². The Balaban J connectivity index is 2.61. The van der Waals surface area contributed by atoms with Crippen LogP contribution in [-0.2, 0) is 4.79 Å². The van der Waals surface area contributed by atoms with Crippen LogP contribution >= 0.6 is 11.8 Å². The molecule has 0 aliphatic heterocycles. The van der Waals surface area contributed by atoms with E-state index in [0.29, 0.717) is 0 Å². The zero-order valence-corrected chi connectivity index (χ0v) is 13.3. The standard InChI is InChI=1S/C14H17F3N2O3S/c1-8(2)7-11(12(20)21)19-13(22)18-9-3-5-10(6-4-9)23-14(15,16)17/h3-6,8,11H,7H2,1-2H3,(H,20,21)(H2,18,19,22). The average molecular weight is 350 g/mol. The first kappa shape index (κ1) is 19.1. The predicted octanol–water partition coefficient (Wildman–Crippen LogP) is 3.92. The molecule has 0 heterocycles. The first-order valence-electron chi connectivity index (χ1n) is 6.73. The minimum atomic E-state index is -4.38. The lowest BCUT2D eigenvalue weighted by Crippen LogP contribution is -2.43. The van der Waals surface area contributed by atoms with E-state index in [-0.39, 0.29) is 34.7 Å². The Hall–Kier alpha value is -1.90. The molecule has 1 unspecified atom stereocenters. The second kappa shape index (κ2) is 8.09. The monoisotopic (exact) mass is 350 g/mol. The van der Waals surface area contributed by atoms with E-state index in [0.717, 1.165) is 0 Å². The van der Waals surface area contributed by atoms with Gasteiger partial charge in [-0.05, 0) is 48.4 Å². The summed E-state index contributed by atoms with van der Waals surface area (Å²) >= 11 is -0.256. The van der Waals surface area contributed by atoms with Crippen LogP contribution in [0.25, 0.3) is 0 Å². The second-order valence-electron chi connectivity index (χ2n) is 5.19. The fourth-order valence-electron chi connectivity index (χ4n) is 1.76. The minimum Gasteiger partial charge on any atom is -0.480 e. The van der Waals surface area contributed by atoms with Gasteiger partial charge in [0.2, 0.25) is 0 Å². The molecule has 0 aliphatic rings. The summed E-state index contributed by atoms with van der Waals surface area (Å²) in [5, 5.41) is 13.7. The number of benzene rings is 1. The van der Waals surface area contributed by atoms with Crippen molar-refractivity contribution in [1.29, 1.82) is 0 Å². The van der Waals surface area contributed by atoms with Crippen LogP contribution in [0, 0.1) is 5.92 Å². The maximum absolute atomic E-state index is 12.2. The molecule has 128 valence electrons. The highest BCUT2D eigenvalue weighted by molar-refractivity contribution is 8.00. The largest absolute Gasteiger partial charge is 0.480 e. The van der Waals surface area contributed by atoms with Crippen molar-refractivity contribution in [2.75, 3.05) is 5.32 Å². The summed E-state index contributed by atoms with van der Waals surface area (Å²) < 4.78 is 36.6. The first-order valence-corrected chi connectivity index (χ1v) is 7.54. The van der Waals surface area contributed by atoms with Gasteiger partial charge in [-0.3, -0.25) is 0 Å². The number of hydrogen-bond acceptors (Lipinski definition) is 3. The zero-order chi connectivity index (χ0) is 17.6. The summed E-state index contributed by atoms with van der Waals surface area (Å²) in [6, 6.07) is 3.30. The van der Waals surface area contributed by atoms with Gasteiger partial charge in [0.05, 0.1) is 0 Å². The molecule has 0 spiro atoms. The predicted molar refractivity (Wildman–Crippen MR) is 81.4 cm³/mol. The fraction of sp³-hybridized carbons (Fsp3) is 0.429. The summed E-state index contributed by atoms with van der Waals surface area (Å²) in [6.45, 7) is 3.65. The Labute approximate surface area is 135 Å². The van der Waals surface area contributed by atoms with Gasteiger partial charge in [-0.1, -0.05) is 13.8 Å². The van der Waals surface area contributed by atoms with Crippen molar-refractivity contribution in [3.8, 4) is 0 Å². The molecule has 1 atom stereocenters. The molecule has 0 radical (unpaired) electrons. The van der Waals surface area contributed by atoms with Gasteiger partial charge in [0.1, 0.15) is 6.04 Å². The van der Waals surface area contributed by atoms with Gasteiger partial charge in [-0.15, -0.1) is 0 Å². The van der Waals surface area contributed by atoms with Crippen molar-refractivity contribution in [1.82, 2.24) is 5.32 Å². The van der Waals surface area contributed by atoms with E-state index >= 15 is 0 Å². The van der Waals surface area contributed by atoms with Crippen LogP contribution in [0.2, 0.25) is 0 Å². The molecule has 1 rings (SSSR count). The number of halogens is 3. The Bertz CT molecular complexity index is 547. The lowest BCUT2D eigenvalue weighted by Gasteiger charge is -2.17. The van der Waals surface area contributed by atoms with Gasteiger partial charge in [-0.25, -0.2) is 9.59 Å². The number of urea groups is 1. The lowest BCUT2D eigenvalue weighted by atomic mass is 10.0. The van der Waals surface area contributed by atoms with E-state index in [2.05, 4.69) is 10.6 Å². The van der Waals surface area contributed by atoms with Crippen LogP contribution in [0.1, 0.15) is 20.3 Å². The molecule has 1 aromatic rings. The zero-order valence-electron chi connectivity index (χ0n) is 12.5. The van der Waals surface area contributed by atoms with E-state index < -0.39 is 23.6 Å². The lowest BCUT2D eigenvalue weighted by molar-refractivity contribution is -0.139. The third kappa shape index (κ3) is 7.78. The third-order valence-electron chi connectivity index (χ3n) is 2.66. The number of carboxylic acids is 1. The number of carbonyl (C=O) groups is 2. The Kier molecular flexibility index (Phi) is 6.74. The molecule has 0 saturated carbocycles. The summed E-state index contributed by atoms with van der Waals surface area (Å²) in [6.07, 6.45) is 0.268. The highest BCUT2D eigenvalue weighted by atomic mass is 32.2. The van der Waals surface area contributed by atoms with Crippen LogP contribution in [0.4, 0.5) is 23.7 Å². The van der Waals surface area contributed by atoms with Crippen LogP contribution < -0.4 is 10.6 Å². The molecule has 9 heteroatoms. The number of alkyl halides is 3. The highest BCUT2D eigenvalue weighted by Gasteiger charge is 2.29. The van der Waals surface area contributed by atoms with Gasteiger partial charge in [-0.2, -0.15) is 13.2 Å². The molecule has 0 saturated heterocycles. The van der Waals surface area contributed by atoms with Crippen molar-refractivity contribution in [3.63, 3.8) is 0 Å². The molecule has 5 nitrogen and oxygen atoms in total.